The topological polar surface area (TPSA) is 78.9 Å². The number of hydrogen-bond acceptors (Lipinski definition) is 3. The fourth-order valence-corrected chi connectivity index (χ4v) is 3.86. The van der Waals surface area contributed by atoms with Gasteiger partial charge in [-0.05, 0) is 24.3 Å². The minimum absolute atomic E-state index is 0.0361. The summed E-state index contributed by atoms with van der Waals surface area (Å²) < 4.78 is 0. The van der Waals surface area contributed by atoms with E-state index in [1.54, 1.807) is 24.4 Å². The maximum absolute atomic E-state index is 11.6. The molecule has 5 rings (SSSR count). The normalized spacial score (nSPS) is 11.0. The number of fused-ring (bicyclic) bond motifs is 1. The highest BCUT2D eigenvalue weighted by Crippen LogP contribution is 2.37. The van der Waals surface area contributed by atoms with Crippen LogP contribution in [-0.4, -0.2) is 26.0 Å². The minimum atomic E-state index is -1.08. The van der Waals surface area contributed by atoms with Crippen LogP contribution in [0.1, 0.15) is 10.4 Å². The van der Waals surface area contributed by atoms with Crippen molar-refractivity contribution in [3.63, 3.8) is 0 Å². The van der Waals surface area contributed by atoms with Gasteiger partial charge in [0.05, 0.1) is 27.5 Å². The van der Waals surface area contributed by atoms with E-state index in [1.165, 1.54) is 0 Å². The zero-order valence-electron chi connectivity index (χ0n) is 16.2. The molecule has 150 valence electrons. The van der Waals surface area contributed by atoms with Crippen molar-refractivity contribution in [1.82, 2.24) is 15.0 Å². The van der Waals surface area contributed by atoms with E-state index >= 15 is 0 Å². The van der Waals surface area contributed by atoms with Crippen LogP contribution in [0.5, 0.6) is 0 Å². The van der Waals surface area contributed by atoms with Gasteiger partial charge in [0.2, 0.25) is 0 Å². The third kappa shape index (κ3) is 3.45. The molecule has 2 N–H and O–H groups in total. The van der Waals surface area contributed by atoms with E-state index in [9.17, 15) is 9.90 Å². The van der Waals surface area contributed by atoms with Gasteiger partial charge in [0, 0.05) is 28.3 Å². The fourth-order valence-electron chi connectivity index (χ4n) is 3.66. The Kier molecular flexibility index (Phi) is 4.73. The number of aromatic amines is 1. The Morgan fingerprint density at radius 3 is 2.48 bits per heavy atom. The second kappa shape index (κ2) is 7.70. The molecular formula is C25H16ClN3O2. The van der Waals surface area contributed by atoms with E-state index < -0.39 is 5.97 Å². The van der Waals surface area contributed by atoms with Crippen LogP contribution < -0.4 is 0 Å². The Morgan fingerprint density at radius 2 is 1.68 bits per heavy atom. The van der Waals surface area contributed by atoms with Gasteiger partial charge >= 0.3 is 5.97 Å². The quantitative estimate of drug-likeness (QED) is 0.353. The number of nitrogens with one attached hydrogen (secondary N) is 1. The van der Waals surface area contributed by atoms with Gasteiger partial charge in [-0.3, -0.25) is 4.98 Å². The lowest BCUT2D eigenvalue weighted by Crippen LogP contribution is -1.98. The largest absolute Gasteiger partial charge is 0.478 e. The number of imidazole rings is 1. The number of rotatable bonds is 4. The number of pyridine rings is 1. The molecule has 6 heteroatoms. The number of para-hydroxylation sites is 1. The van der Waals surface area contributed by atoms with Crippen LogP contribution in [0.15, 0.2) is 85.1 Å². The lowest BCUT2D eigenvalue weighted by molar-refractivity contribution is 0.0697. The number of carboxylic acid groups (broad SMARTS) is 1. The summed E-state index contributed by atoms with van der Waals surface area (Å²) in [5, 5.41) is 10.7. The molecule has 0 aliphatic rings. The molecule has 3 aromatic carbocycles. The third-order valence-electron chi connectivity index (χ3n) is 5.14. The van der Waals surface area contributed by atoms with Crippen LogP contribution in [0.2, 0.25) is 5.02 Å². The Bertz CT molecular complexity index is 1420. The molecule has 31 heavy (non-hydrogen) atoms. The highest BCUT2D eigenvalue weighted by atomic mass is 35.5. The van der Waals surface area contributed by atoms with Crippen LogP contribution in [0.3, 0.4) is 0 Å². The average molecular weight is 426 g/mol. The number of carboxylic acids is 1. The number of H-pyrrole nitrogens is 1. The van der Waals surface area contributed by atoms with Crippen molar-refractivity contribution in [3.05, 3.63) is 95.6 Å². The summed E-state index contributed by atoms with van der Waals surface area (Å²) in [4.78, 5) is 24.4. The molecule has 0 amide bonds. The van der Waals surface area contributed by atoms with Crippen molar-refractivity contribution >= 4 is 28.5 Å². The summed E-state index contributed by atoms with van der Waals surface area (Å²) in [6.07, 6.45) is 1.76. The lowest BCUT2D eigenvalue weighted by atomic mass is 10.0. The summed E-state index contributed by atoms with van der Waals surface area (Å²) in [5.41, 5.74) is 4.86. The molecule has 2 aromatic heterocycles. The Hall–Kier alpha value is -3.96. The number of benzene rings is 3. The molecule has 0 atom stereocenters. The van der Waals surface area contributed by atoms with E-state index in [0.29, 0.717) is 17.1 Å². The SMILES string of the molecule is O=C(O)c1cc(-c2nc(-c3ccccc3)[nH]c2-c2ccnc3ccccc23)ccc1Cl. The third-order valence-corrected chi connectivity index (χ3v) is 5.47. The summed E-state index contributed by atoms with van der Waals surface area (Å²) in [5.74, 6) is -0.389. The first kappa shape index (κ1) is 19.0. The zero-order chi connectivity index (χ0) is 21.4. The number of hydrogen-bond donors (Lipinski definition) is 2. The van der Waals surface area contributed by atoms with Crippen LogP contribution in [0, 0.1) is 0 Å². The fraction of sp³-hybridized carbons (Fsp3) is 0. The Morgan fingerprint density at radius 1 is 0.903 bits per heavy atom. The predicted molar refractivity (Wildman–Crippen MR) is 122 cm³/mol. The molecule has 0 saturated heterocycles. The number of aromatic nitrogens is 3. The van der Waals surface area contributed by atoms with Crippen molar-refractivity contribution in [2.24, 2.45) is 0 Å². The number of nitrogens with zero attached hydrogens (tertiary/aromatic N) is 2. The molecule has 0 spiro atoms. The smallest absolute Gasteiger partial charge is 0.337 e. The molecule has 5 aromatic rings. The molecule has 0 radical (unpaired) electrons. The first-order chi connectivity index (χ1) is 15.1. The summed E-state index contributed by atoms with van der Waals surface area (Å²) in [6.45, 7) is 0. The van der Waals surface area contributed by atoms with Gasteiger partial charge in [0.1, 0.15) is 5.82 Å². The van der Waals surface area contributed by atoms with E-state index in [1.807, 2.05) is 60.7 Å². The average Bonchev–Trinajstić information content (AvgIpc) is 3.25. The standard InChI is InChI=1S/C25H16ClN3O2/c26-20-11-10-16(14-19(20)25(30)31)22-23(29-24(28-22)15-6-2-1-3-7-15)18-12-13-27-21-9-5-4-8-17(18)21/h1-14H,(H,28,29)(H,30,31). The molecular weight excluding hydrogens is 410 g/mol. The van der Waals surface area contributed by atoms with Gasteiger partial charge < -0.3 is 10.1 Å². The molecule has 0 aliphatic heterocycles. The second-order valence-corrected chi connectivity index (χ2v) is 7.46. The first-order valence-corrected chi connectivity index (χ1v) is 10.0. The highest BCUT2D eigenvalue weighted by Gasteiger charge is 2.19. The van der Waals surface area contributed by atoms with E-state index in [0.717, 1.165) is 27.7 Å². The molecule has 0 fully saturated rings. The zero-order valence-corrected chi connectivity index (χ0v) is 17.0. The predicted octanol–water partition coefficient (Wildman–Crippen LogP) is 6.31. The lowest BCUT2D eigenvalue weighted by Gasteiger charge is -2.08. The molecule has 5 nitrogen and oxygen atoms in total. The summed E-state index contributed by atoms with van der Waals surface area (Å²) >= 11 is 6.10. The number of halogens is 1. The molecule has 0 bridgehead atoms. The highest BCUT2D eigenvalue weighted by molar-refractivity contribution is 6.33. The van der Waals surface area contributed by atoms with Gasteiger partial charge in [-0.1, -0.05) is 66.2 Å². The van der Waals surface area contributed by atoms with Gasteiger partial charge in [-0.15, -0.1) is 0 Å². The maximum Gasteiger partial charge on any atom is 0.337 e. The van der Waals surface area contributed by atoms with Gasteiger partial charge in [0.15, 0.2) is 0 Å². The van der Waals surface area contributed by atoms with Crippen molar-refractivity contribution < 1.29 is 9.90 Å². The molecule has 0 saturated carbocycles. The molecule has 0 unspecified atom stereocenters. The van der Waals surface area contributed by atoms with Gasteiger partial charge in [-0.2, -0.15) is 0 Å². The van der Waals surface area contributed by atoms with Crippen molar-refractivity contribution in [1.29, 1.82) is 0 Å². The van der Waals surface area contributed by atoms with Crippen LogP contribution in [0.4, 0.5) is 0 Å². The van der Waals surface area contributed by atoms with Crippen LogP contribution >= 0.6 is 11.6 Å². The Balaban J connectivity index is 1.79. The Labute approximate surface area is 183 Å². The van der Waals surface area contributed by atoms with Crippen molar-refractivity contribution in [3.8, 4) is 33.9 Å². The first-order valence-electron chi connectivity index (χ1n) is 9.64. The van der Waals surface area contributed by atoms with Gasteiger partial charge in [-0.25, -0.2) is 9.78 Å². The molecule has 2 heterocycles. The summed E-state index contributed by atoms with van der Waals surface area (Å²) in [7, 11) is 0. The van der Waals surface area contributed by atoms with E-state index in [4.69, 9.17) is 16.6 Å². The monoisotopic (exact) mass is 425 g/mol. The van der Waals surface area contributed by atoms with Crippen molar-refractivity contribution in [2.45, 2.75) is 0 Å². The number of aromatic carboxylic acids is 1. The second-order valence-electron chi connectivity index (χ2n) is 7.05. The van der Waals surface area contributed by atoms with Gasteiger partial charge in [0.25, 0.3) is 0 Å². The van der Waals surface area contributed by atoms with Crippen molar-refractivity contribution in [2.75, 3.05) is 0 Å². The summed E-state index contributed by atoms with van der Waals surface area (Å²) in [6, 6.07) is 24.5. The van der Waals surface area contributed by atoms with E-state index in [2.05, 4.69) is 9.97 Å². The number of carbonyl (C=O) groups is 1. The minimum Gasteiger partial charge on any atom is -0.478 e. The van der Waals surface area contributed by atoms with E-state index in [-0.39, 0.29) is 10.6 Å². The maximum atomic E-state index is 11.6. The molecule has 0 aliphatic carbocycles. The van der Waals surface area contributed by atoms with Crippen LogP contribution in [-0.2, 0) is 0 Å². The van der Waals surface area contributed by atoms with Crippen LogP contribution in [0.25, 0.3) is 44.8 Å².